The van der Waals surface area contributed by atoms with Gasteiger partial charge in [-0.25, -0.2) is 12.8 Å². The average molecular weight is 288 g/mol. The lowest BCUT2D eigenvalue weighted by Gasteiger charge is -2.20. The fourth-order valence-corrected chi connectivity index (χ4v) is 4.02. The number of anilines is 1. The maximum absolute atomic E-state index is 13.6. The van der Waals surface area contributed by atoms with Gasteiger partial charge in [0.05, 0.1) is 10.5 Å². The Hall–Kier alpha value is -1.18. The van der Waals surface area contributed by atoms with Gasteiger partial charge in [-0.15, -0.1) is 0 Å². The summed E-state index contributed by atoms with van der Waals surface area (Å²) in [6.45, 7) is 3.20. The Morgan fingerprint density at radius 2 is 2.11 bits per heavy atom. The number of sulfonamides is 1. The summed E-state index contributed by atoms with van der Waals surface area (Å²) in [7, 11) is -3.83. The van der Waals surface area contributed by atoms with Crippen LogP contribution in [0.4, 0.5) is 10.1 Å². The highest BCUT2D eigenvalue weighted by atomic mass is 32.2. The van der Waals surface area contributed by atoms with Crippen LogP contribution < -0.4 is 5.73 Å². The third kappa shape index (κ3) is 2.58. The Labute approximate surface area is 111 Å². The summed E-state index contributed by atoms with van der Waals surface area (Å²) in [5.41, 5.74) is 4.57. The minimum Gasteiger partial charge on any atom is -0.399 e. The highest BCUT2D eigenvalue weighted by molar-refractivity contribution is 7.89. The number of nitrogens with two attached hydrogens (primary N) is 1. The van der Waals surface area contributed by atoms with Crippen molar-refractivity contribution < 1.29 is 17.9 Å². The molecule has 0 amide bonds. The SMILES string of the molecule is Cc1c(F)cc(N)cc1S(=O)(=O)N1CCC(C)(O)C1. The van der Waals surface area contributed by atoms with Crippen molar-refractivity contribution in [3.05, 3.63) is 23.5 Å². The van der Waals surface area contributed by atoms with Gasteiger partial charge in [-0.1, -0.05) is 0 Å². The van der Waals surface area contributed by atoms with E-state index in [1.54, 1.807) is 6.92 Å². The molecule has 7 heteroatoms. The summed E-state index contributed by atoms with van der Waals surface area (Å²) in [6, 6.07) is 2.34. The lowest BCUT2D eigenvalue weighted by Crippen LogP contribution is -2.34. The molecule has 1 fully saturated rings. The molecule has 5 nitrogen and oxygen atoms in total. The smallest absolute Gasteiger partial charge is 0.243 e. The molecule has 1 saturated heterocycles. The molecule has 0 bridgehead atoms. The quantitative estimate of drug-likeness (QED) is 0.791. The molecule has 1 atom stereocenters. The van der Waals surface area contributed by atoms with Gasteiger partial charge >= 0.3 is 0 Å². The van der Waals surface area contributed by atoms with Gasteiger partial charge < -0.3 is 10.8 Å². The zero-order valence-electron chi connectivity index (χ0n) is 10.9. The van der Waals surface area contributed by atoms with Crippen LogP contribution >= 0.6 is 0 Å². The minimum atomic E-state index is -3.83. The second-order valence-electron chi connectivity index (χ2n) is 5.21. The highest BCUT2D eigenvalue weighted by Gasteiger charge is 2.39. The molecule has 106 valence electrons. The monoisotopic (exact) mass is 288 g/mol. The second-order valence-corrected chi connectivity index (χ2v) is 7.12. The van der Waals surface area contributed by atoms with Crippen LogP contribution in [0.5, 0.6) is 0 Å². The van der Waals surface area contributed by atoms with E-state index < -0.39 is 21.4 Å². The molecule has 3 N–H and O–H groups in total. The van der Waals surface area contributed by atoms with Crippen molar-refractivity contribution in [2.75, 3.05) is 18.8 Å². The van der Waals surface area contributed by atoms with Crippen molar-refractivity contribution in [3.63, 3.8) is 0 Å². The molecule has 1 aliphatic rings. The molecule has 1 aromatic carbocycles. The van der Waals surface area contributed by atoms with E-state index in [9.17, 15) is 17.9 Å². The van der Waals surface area contributed by atoms with Crippen LogP contribution in [0.25, 0.3) is 0 Å². The summed E-state index contributed by atoms with van der Waals surface area (Å²) in [6.07, 6.45) is 0.357. The molecule has 0 aliphatic carbocycles. The molecule has 19 heavy (non-hydrogen) atoms. The van der Waals surface area contributed by atoms with Gasteiger partial charge in [-0.05, 0) is 32.4 Å². The molecule has 1 aromatic rings. The van der Waals surface area contributed by atoms with Gasteiger partial charge in [-0.3, -0.25) is 0 Å². The average Bonchev–Trinajstić information content (AvgIpc) is 2.64. The summed E-state index contributed by atoms with van der Waals surface area (Å²) in [5, 5.41) is 9.85. The van der Waals surface area contributed by atoms with E-state index in [4.69, 9.17) is 5.73 Å². The first-order valence-corrected chi connectivity index (χ1v) is 7.36. The van der Waals surface area contributed by atoms with Gasteiger partial charge in [0.1, 0.15) is 5.82 Å². The van der Waals surface area contributed by atoms with Crippen LogP contribution in [-0.2, 0) is 10.0 Å². The molecular weight excluding hydrogens is 271 g/mol. The molecule has 0 aromatic heterocycles. The van der Waals surface area contributed by atoms with Crippen molar-refractivity contribution in [1.29, 1.82) is 0 Å². The number of aliphatic hydroxyl groups is 1. The Morgan fingerprint density at radius 1 is 1.47 bits per heavy atom. The number of β-amino-alcohol motifs (C(OH)–C–C–N with tert-alkyl or cyclic N) is 1. The van der Waals surface area contributed by atoms with Gasteiger partial charge in [-0.2, -0.15) is 4.31 Å². The number of halogens is 1. The van der Waals surface area contributed by atoms with E-state index in [0.29, 0.717) is 6.42 Å². The summed E-state index contributed by atoms with van der Waals surface area (Å²) in [5.74, 6) is -0.649. The topological polar surface area (TPSA) is 83.6 Å². The van der Waals surface area contributed by atoms with Crippen molar-refractivity contribution in [1.82, 2.24) is 4.31 Å². The maximum atomic E-state index is 13.6. The van der Waals surface area contributed by atoms with Crippen LogP contribution in [-0.4, -0.2) is 36.5 Å². The number of hydrogen-bond acceptors (Lipinski definition) is 4. The van der Waals surface area contributed by atoms with Crippen molar-refractivity contribution >= 4 is 15.7 Å². The van der Waals surface area contributed by atoms with E-state index in [-0.39, 0.29) is 29.2 Å². The molecule has 1 aliphatic heterocycles. The third-order valence-electron chi connectivity index (χ3n) is 3.35. The van der Waals surface area contributed by atoms with Crippen molar-refractivity contribution in [3.8, 4) is 0 Å². The lowest BCUT2D eigenvalue weighted by atomic mass is 10.1. The van der Waals surface area contributed by atoms with E-state index in [1.165, 1.54) is 13.0 Å². The normalized spacial score (nSPS) is 24.8. The van der Waals surface area contributed by atoms with Crippen molar-refractivity contribution in [2.45, 2.75) is 30.8 Å². The standard InChI is InChI=1S/C12H17FN2O3S/c1-8-10(13)5-9(14)6-11(8)19(17,18)15-4-3-12(2,16)7-15/h5-6,16H,3-4,7,14H2,1-2H3. The Morgan fingerprint density at radius 3 is 2.63 bits per heavy atom. The zero-order valence-corrected chi connectivity index (χ0v) is 11.7. The molecule has 0 saturated carbocycles. The lowest BCUT2D eigenvalue weighted by molar-refractivity contribution is 0.0762. The Balaban J connectivity index is 2.47. The molecule has 0 spiro atoms. The Bertz CT molecular complexity index is 614. The van der Waals surface area contributed by atoms with Gasteiger partial charge in [0.15, 0.2) is 0 Å². The summed E-state index contributed by atoms with van der Waals surface area (Å²) in [4.78, 5) is -0.136. The highest BCUT2D eigenvalue weighted by Crippen LogP contribution is 2.30. The van der Waals surface area contributed by atoms with Gasteiger partial charge in [0, 0.05) is 24.3 Å². The molecule has 1 unspecified atom stereocenters. The van der Waals surface area contributed by atoms with E-state index in [1.807, 2.05) is 0 Å². The van der Waals surface area contributed by atoms with Crippen molar-refractivity contribution in [2.24, 2.45) is 0 Å². The first-order chi connectivity index (χ1) is 8.63. The number of nitrogen functional groups attached to an aromatic ring is 1. The predicted molar refractivity (Wildman–Crippen MR) is 69.5 cm³/mol. The number of rotatable bonds is 2. The number of benzene rings is 1. The van der Waals surface area contributed by atoms with Gasteiger partial charge in [0.2, 0.25) is 10.0 Å². The maximum Gasteiger partial charge on any atom is 0.243 e. The first kappa shape index (κ1) is 14.2. The Kier molecular flexibility index (Phi) is 3.32. The largest absolute Gasteiger partial charge is 0.399 e. The second kappa shape index (κ2) is 4.43. The fourth-order valence-electron chi connectivity index (χ4n) is 2.19. The van der Waals surface area contributed by atoms with E-state index >= 15 is 0 Å². The first-order valence-electron chi connectivity index (χ1n) is 5.92. The molecule has 2 rings (SSSR count). The summed E-state index contributed by atoms with van der Waals surface area (Å²) >= 11 is 0. The van der Waals surface area contributed by atoms with Crippen LogP contribution in [0.2, 0.25) is 0 Å². The van der Waals surface area contributed by atoms with Crippen LogP contribution in [0.1, 0.15) is 18.9 Å². The third-order valence-corrected chi connectivity index (χ3v) is 5.32. The van der Waals surface area contributed by atoms with Gasteiger partial charge in [0.25, 0.3) is 0 Å². The fraction of sp³-hybridized carbons (Fsp3) is 0.500. The van der Waals surface area contributed by atoms with Crippen LogP contribution in [0.3, 0.4) is 0 Å². The minimum absolute atomic E-state index is 0.00515. The predicted octanol–water partition coefficient (Wildman–Crippen LogP) is 0.862. The molecular formula is C12H17FN2O3S. The van der Waals surface area contributed by atoms with E-state index in [2.05, 4.69) is 0 Å². The molecule has 0 radical (unpaired) electrons. The van der Waals surface area contributed by atoms with E-state index in [0.717, 1.165) is 10.4 Å². The van der Waals surface area contributed by atoms with Crippen LogP contribution in [0, 0.1) is 12.7 Å². The number of nitrogens with zero attached hydrogens (tertiary/aromatic N) is 1. The summed E-state index contributed by atoms with van der Waals surface area (Å²) < 4.78 is 39.6. The zero-order chi connectivity index (χ0) is 14.4. The number of hydrogen-bond donors (Lipinski definition) is 2. The molecule has 1 heterocycles. The van der Waals surface area contributed by atoms with Crippen LogP contribution in [0.15, 0.2) is 17.0 Å².